The fourth-order valence-electron chi connectivity index (χ4n) is 3.06. The first-order valence-corrected chi connectivity index (χ1v) is 8.08. The Morgan fingerprint density at radius 1 is 1.42 bits per heavy atom. The molecule has 24 heavy (non-hydrogen) atoms. The van der Waals surface area contributed by atoms with Gasteiger partial charge in [0.15, 0.2) is 22.8 Å². The minimum Gasteiger partial charge on any atom is -0.364 e. The molecule has 0 aromatic carbocycles. The van der Waals surface area contributed by atoms with Crippen LogP contribution in [0.1, 0.15) is 38.9 Å². The first-order chi connectivity index (χ1) is 11.5. The molecule has 3 heterocycles. The van der Waals surface area contributed by atoms with Crippen molar-refractivity contribution in [2.45, 2.75) is 45.7 Å². The molecular formula is C15H20F2N6O. The lowest BCUT2D eigenvalue weighted by molar-refractivity contribution is -0.129. The normalized spacial score (nSPS) is 17.9. The largest absolute Gasteiger partial charge is 0.364 e. The number of nitrogens with one attached hydrogen (secondary N) is 1. The monoisotopic (exact) mass is 338 g/mol. The molecule has 3 rings (SSSR count). The van der Waals surface area contributed by atoms with Gasteiger partial charge in [-0.1, -0.05) is 6.92 Å². The molecule has 1 N–H and O–H groups in total. The standard InChI is InChI=1S/C15H20F2N6O/c1-3-10(24)22-6-5-9(7-22)20-13-11-14(19-8-18-13)23(4-2)15(21-11)12(16)17/h8-9,12H,3-7H2,1-2H3,(H,18,19,20). The van der Waals surface area contributed by atoms with Gasteiger partial charge in [-0.25, -0.2) is 23.7 Å². The van der Waals surface area contributed by atoms with Gasteiger partial charge >= 0.3 is 0 Å². The maximum atomic E-state index is 13.2. The van der Waals surface area contributed by atoms with Crippen molar-refractivity contribution in [2.75, 3.05) is 18.4 Å². The summed E-state index contributed by atoms with van der Waals surface area (Å²) in [4.78, 5) is 25.9. The van der Waals surface area contributed by atoms with E-state index in [1.165, 1.54) is 10.9 Å². The van der Waals surface area contributed by atoms with Crippen LogP contribution in [-0.2, 0) is 11.3 Å². The van der Waals surface area contributed by atoms with Crippen LogP contribution in [0.3, 0.4) is 0 Å². The van der Waals surface area contributed by atoms with Crippen molar-refractivity contribution in [3.05, 3.63) is 12.2 Å². The summed E-state index contributed by atoms with van der Waals surface area (Å²) in [7, 11) is 0. The maximum absolute atomic E-state index is 13.2. The summed E-state index contributed by atoms with van der Waals surface area (Å²) in [5.41, 5.74) is 0.736. The van der Waals surface area contributed by atoms with E-state index in [4.69, 9.17) is 0 Å². The van der Waals surface area contributed by atoms with E-state index in [1.807, 2.05) is 6.92 Å². The number of hydrogen-bond acceptors (Lipinski definition) is 5. The summed E-state index contributed by atoms with van der Waals surface area (Å²) < 4.78 is 27.7. The SMILES string of the molecule is CCC(=O)N1CCC(Nc2ncnc3c2nc(C(F)F)n3CC)C1. The summed E-state index contributed by atoms with van der Waals surface area (Å²) in [6.07, 6.45) is -0.0649. The Bertz CT molecular complexity index is 747. The third-order valence-electron chi connectivity index (χ3n) is 4.26. The average Bonchev–Trinajstić information content (AvgIpc) is 3.18. The van der Waals surface area contributed by atoms with Gasteiger partial charge in [-0.3, -0.25) is 4.79 Å². The Labute approximate surface area is 138 Å². The van der Waals surface area contributed by atoms with Crippen molar-refractivity contribution in [2.24, 2.45) is 0 Å². The molecule has 0 aliphatic carbocycles. The van der Waals surface area contributed by atoms with Gasteiger partial charge < -0.3 is 14.8 Å². The number of carbonyl (C=O) groups excluding carboxylic acids is 1. The number of aromatic nitrogens is 4. The third-order valence-corrected chi connectivity index (χ3v) is 4.26. The lowest BCUT2D eigenvalue weighted by Crippen LogP contribution is -2.31. The van der Waals surface area contributed by atoms with E-state index in [-0.39, 0.29) is 17.8 Å². The number of fused-ring (bicyclic) bond motifs is 1. The van der Waals surface area contributed by atoms with Gasteiger partial charge in [0.2, 0.25) is 5.91 Å². The summed E-state index contributed by atoms with van der Waals surface area (Å²) >= 11 is 0. The smallest absolute Gasteiger partial charge is 0.295 e. The summed E-state index contributed by atoms with van der Waals surface area (Å²) in [6.45, 7) is 5.22. The predicted octanol–water partition coefficient (Wildman–Crippen LogP) is 2.21. The third kappa shape index (κ3) is 2.90. The number of hydrogen-bond donors (Lipinski definition) is 1. The molecule has 1 aliphatic heterocycles. The summed E-state index contributed by atoms with van der Waals surface area (Å²) in [6, 6.07) is 0.0281. The molecule has 9 heteroatoms. The van der Waals surface area contributed by atoms with Crippen LogP contribution < -0.4 is 5.32 Å². The van der Waals surface area contributed by atoms with Gasteiger partial charge in [0, 0.05) is 32.1 Å². The number of aryl methyl sites for hydroxylation is 1. The van der Waals surface area contributed by atoms with Crippen molar-refractivity contribution in [3.63, 3.8) is 0 Å². The minimum absolute atomic E-state index is 0.0281. The van der Waals surface area contributed by atoms with Gasteiger partial charge in [0.25, 0.3) is 6.43 Å². The number of amides is 1. The molecule has 130 valence electrons. The highest BCUT2D eigenvalue weighted by Gasteiger charge is 2.27. The van der Waals surface area contributed by atoms with Gasteiger partial charge in [-0.2, -0.15) is 0 Å². The summed E-state index contributed by atoms with van der Waals surface area (Å²) in [5.74, 6) is 0.248. The highest BCUT2D eigenvalue weighted by molar-refractivity contribution is 5.83. The van der Waals surface area contributed by atoms with E-state index < -0.39 is 6.43 Å². The van der Waals surface area contributed by atoms with Crippen molar-refractivity contribution in [3.8, 4) is 0 Å². The van der Waals surface area contributed by atoms with Crippen molar-refractivity contribution in [1.82, 2.24) is 24.4 Å². The van der Waals surface area contributed by atoms with Crippen molar-refractivity contribution >= 4 is 22.9 Å². The Kier molecular flexibility index (Phi) is 4.59. The van der Waals surface area contributed by atoms with Gasteiger partial charge in [-0.15, -0.1) is 0 Å². The highest BCUT2D eigenvalue weighted by Crippen LogP contribution is 2.27. The summed E-state index contributed by atoms with van der Waals surface area (Å²) in [5, 5.41) is 3.23. The molecule has 7 nitrogen and oxygen atoms in total. The average molecular weight is 338 g/mol. The Hall–Kier alpha value is -2.32. The minimum atomic E-state index is -2.67. The molecule has 2 aromatic rings. The Morgan fingerprint density at radius 3 is 2.88 bits per heavy atom. The van der Waals surface area contributed by atoms with E-state index >= 15 is 0 Å². The molecule has 0 saturated carbocycles. The van der Waals surface area contributed by atoms with Crippen LogP contribution in [0.5, 0.6) is 0 Å². The number of likely N-dealkylation sites (tertiary alicyclic amines) is 1. The molecule has 1 unspecified atom stereocenters. The van der Waals surface area contributed by atoms with Crippen LogP contribution in [-0.4, -0.2) is 49.5 Å². The zero-order chi connectivity index (χ0) is 17.3. The van der Waals surface area contributed by atoms with Gasteiger partial charge in [0.05, 0.1) is 0 Å². The van der Waals surface area contributed by atoms with Gasteiger partial charge in [-0.05, 0) is 13.3 Å². The number of halogens is 2. The number of nitrogens with zero attached hydrogens (tertiary/aromatic N) is 5. The Morgan fingerprint density at radius 2 is 2.21 bits per heavy atom. The van der Waals surface area contributed by atoms with E-state index in [2.05, 4.69) is 20.3 Å². The van der Waals surface area contributed by atoms with E-state index in [0.717, 1.165) is 6.42 Å². The first kappa shape index (κ1) is 16.5. The number of rotatable bonds is 5. The second kappa shape index (κ2) is 6.66. The fraction of sp³-hybridized carbons (Fsp3) is 0.600. The second-order valence-corrected chi connectivity index (χ2v) is 5.73. The molecule has 1 aliphatic rings. The lowest BCUT2D eigenvalue weighted by Gasteiger charge is -2.16. The molecule has 1 saturated heterocycles. The van der Waals surface area contributed by atoms with E-state index in [9.17, 15) is 13.6 Å². The van der Waals surface area contributed by atoms with E-state index in [1.54, 1.807) is 11.8 Å². The lowest BCUT2D eigenvalue weighted by atomic mass is 10.2. The number of alkyl halides is 2. The number of carbonyl (C=O) groups is 1. The molecule has 1 atom stereocenters. The number of imidazole rings is 1. The van der Waals surface area contributed by atoms with Crippen LogP contribution >= 0.6 is 0 Å². The molecule has 0 bridgehead atoms. The maximum Gasteiger partial charge on any atom is 0.295 e. The van der Waals surface area contributed by atoms with Crippen LogP contribution in [0, 0.1) is 0 Å². The van der Waals surface area contributed by atoms with Gasteiger partial charge in [0.1, 0.15) is 6.33 Å². The molecular weight excluding hydrogens is 318 g/mol. The molecule has 0 spiro atoms. The highest BCUT2D eigenvalue weighted by atomic mass is 19.3. The molecule has 2 aromatic heterocycles. The van der Waals surface area contributed by atoms with Crippen LogP contribution in [0.25, 0.3) is 11.2 Å². The van der Waals surface area contributed by atoms with Crippen LogP contribution in [0.15, 0.2) is 6.33 Å². The topological polar surface area (TPSA) is 75.9 Å². The predicted molar refractivity (Wildman–Crippen MR) is 84.9 cm³/mol. The zero-order valence-electron chi connectivity index (χ0n) is 13.7. The quantitative estimate of drug-likeness (QED) is 0.904. The van der Waals surface area contributed by atoms with Crippen LogP contribution in [0.4, 0.5) is 14.6 Å². The first-order valence-electron chi connectivity index (χ1n) is 8.08. The van der Waals surface area contributed by atoms with Crippen molar-refractivity contribution < 1.29 is 13.6 Å². The fourth-order valence-corrected chi connectivity index (χ4v) is 3.06. The number of anilines is 1. The molecule has 1 amide bonds. The second-order valence-electron chi connectivity index (χ2n) is 5.73. The Balaban J connectivity index is 1.87. The van der Waals surface area contributed by atoms with Crippen molar-refractivity contribution in [1.29, 1.82) is 0 Å². The van der Waals surface area contributed by atoms with Crippen LogP contribution in [0.2, 0.25) is 0 Å². The molecule has 1 fully saturated rings. The van der Waals surface area contributed by atoms with E-state index in [0.29, 0.717) is 43.0 Å². The zero-order valence-corrected chi connectivity index (χ0v) is 13.7. The molecule has 0 radical (unpaired) electrons.